The molecule has 145 heavy (non-hydrogen) atoms. The smallest absolute Gasteiger partial charge is 0.144 e. The molecular formula is C130H98N9O3Pt3-3. The fraction of sp³-hybridized carbons (Fsp3) is 0.0769. The summed E-state index contributed by atoms with van der Waals surface area (Å²) in [5.41, 5.74) is 34.4. The molecule has 24 aromatic rings. The van der Waals surface area contributed by atoms with Gasteiger partial charge in [0, 0.05) is 136 Å². The summed E-state index contributed by atoms with van der Waals surface area (Å²) in [6.07, 6.45) is 5.60. The molecule has 24 rings (SSSR count). The van der Waals surface area contributed by atoms with Crippen LogP contribution in [0.2, 0.25) is 0 Å². The number of hydrogen-bond acceptors (Lipinski definition) is 9. The van der Waals surface area contributed by atoms with Crippen molar-refractivity contribution in [1.82, 2.24) is 43.6 Å². The van der Waals surface area contributed by atoms with E-state index in [1.54, 1.807) is 6.07 Å². The Labute approximate surface area is 886 Å². The van der Waals surface area contributed by atoms with Crippen LogP contribution in [0.25, 0.3) is 217 Å². The van der Waals surface area contributed by atoms with Crippen molar-refractivity contribution in [2.75, 3.05) is 0 Å². The number of pyridine rings is 6. The SMILES string of the molecule is CC(C)(C)c1cc(-c2ccc3c4ccccc4n(-c4[c-]c(-c5cc(-c6ccccc6)ccn5)cc(-c5ccccc5)c4)c3n2)c(O)c(C(C)(C)C)c1.Cc1cc(C)c(O)c(-c2ccc3c4ccccc4n(-c4[c-]c(-c5cc(-c6ccccc6)ccn5)cc(-c5ccccc5)c4)c3n2)c1.Oc1ccccc1-c1ccc2c3ccccc3n(-c3[c-]c(-c4cc(-c5ccccc5)ccn4)cc(-c4ccccc4)c3)c2n1.[Pt].[Pt].[Pt]. The molecule has 15 aromatic carbocycles. The van der Waals surface area contributed by atoms with Crippen LogP contribution >= 0.6 is 0 Å². The van der Waals surface area contributed by atoms with Gasteiger partial charge in [0.2, 0.25) is 0 Å². The maximum atomic E-state index is 11.8. The molecule has 0 aliphatic heterocycles. The second-order valence-corrected chi connectivity index (χ2v) is 38.2. The van der Waals surface area contributed by atoms with E-state index in [0.29, 0.717) is 11.3 Å². The van der Waals surface area contributed by atoms with E-state index in [9.17, 15) is 15.3 Å². The molecule has 0 atom stereocenters. The van der Waals surface area contributed by atoms with E-state index < -0.39 is 0 Å². The average Bonchev–Trinajstić information content (AvgIpc) is 1.61. The van der Waals surface area contributed by atoms with Gasteiger partial charge in [-0.2, -0.15) is 0 Å². The Bertz CT molecular complexity index is 8930. The molecule has 9 heterocycles. The predicted molar refractivity (Wildman–Crippen MR) is 583 cm³/mol. The summed E-state index contributed by atoms with van der Waals surface area (Å²) in [6, 6.07) is 152. The Kier molecular flexibility index (Phi) is 28.0. The maximum Gasteiger partial charge on any atom is 0.144 e. The van der Waals surface area contributed by atoms with Gasteiger partial charge in [0.25, 0.3) is 0 Å². The molecule has 0 amide bonds. The summed E-state index contributed by atoms with van der Waals surface area (Å²) in [5, 5.41) is 39.9. The van der Waals surface area contributed by atoms with Crippen molar-refractivity contribution in [3.05, 3.63) is 472 Å². The van der Waals surface area contributed by atoms with Gasteiger partial charge in [-0.15, -0.1) is 71.3 Å². The van der Waals surface area contributed by atoms with E-state index >= 15 is 0 Å². The van der Waals surface area contributed by atoms with Crippen LogP contribution in [0.15, 0.2) is 431 Å². The number of para-hydroxylation sites is 4. The molecule has 0 fully saturated rings. The summed E-state index contributed by atoms with van der Waals surface area (Å²) in [5.74, 6) is 0.732. The Morgan fingerprint density at radius 3 is 0.876 bits per heavy atom. The van der Waals surface area contributed by atoms with Crippen molar-refractivity contribution in [3.63, 3.8) is 0 Å². The topological polar surface area (TPSA) is 153 Å². The summed E-state index contributed by atoms with van der Waals surface area (Å²) in [7, 11) is 0. The largest absolute Gasteiger partial charge is 0.507 e. The molecule has 0 unspecified atom stereocenters. The third-order valence-corrected chi connectivity index (χ3v) is 26.6. The number of benzene rings is 15. The van der Waals surface area contributed by atoms with Crippen molar-refractivity contribution >= 4 is 65.8 Å². The number of aryl methyl sites for hydroxylation is 2. The molecule has 0 aliphatic carbocycles. The number of aromatic nitrogens is 9. The van der Waals surface area contributed by atoms with Crippen molar-refractivity contribution in [2.45, 2.75) is 66.2 Å². The van der Waals surface area contributed by atoms with Gasteiger partial charge in [-0.05, 0) is 223 Å². The van der Waals surface area contributed by atoms with Crippen LogP contribution in [-0.2, 0) is 74.0 Å². The Morgan fingerprint density at radius 2 is 0.545 bits per heavy atom. The van der Waals surface area contributed by atoms with Crippen molar-refractivity contribution < 1.29 is 78.5 Å². The molecule has 0 saturated carbocycles. The molecule has 9 aromatic heterocycles. The quantitative estimate of drug-likeness (QED) is 0.0852. The monoisotopic (exact) mass is 2420 g/mol. The molecule has 0 radical (unpaired) electrons. The molecular weight excluding hydrogens is 2320 g/mol. The van der Waals surface area contributed by atoms with E-state index in [1.165, 1.54) is 0 Å². The standard InChI is InChI=1S/C48H42N3O.C42H30N3O.C40H26N3O.3Pt/c1-47(2,3)36-29-40(45(52)41(30-36)48(4,5)6)42-22-21-39-38-19-13-14-20-44(38)51(46(39)50-42)37-26-34(32-17-11-8-12-18-32)25-35(27-37)43-28-33(23-24-49-43)31-15-9-7-10-16-31;1-27-21-28(2)41(46)37(22-27)38-18-17-36-35-15-9-10-16-40(35)45(42(36)44-38)34-24-32(30-13-7-4-8-14-30)23-33(25-34)39-26-31(19-20-43-39)29-11-5-3-6-12-29;44-39-18-10-8-16-35(39)36-20-19-34-33-15-7-9-17-38(33)43(40(34)42-36)32-24-30(28-13-5-2-6-14-28)23-31(25-32)37-26-29(21-22-41-37)27-11-3-1-4-12-27;;;/h7-26,28-30,52H,1-6H3;3-24,26,46H,1-2H3;1-24,26,44H;;;/q3*-1;;;. The normalized spacial score (nSPS) is 11.4. The predicted octanol–water partition coefficient (Wildman–Crippen LogP) is 32.4. The Morgan fingerprint density at radius 1 is 0.241 bits per heavy atom. The number of hydrogen-bond donors (Lipinski definition) is 3. The van der Waals surface area contributed by atoms with Gasteiger partial charge in [0.1, 0.15) is 34.2 Å². The minimum Gasteiger partial charge on any atom is -0.507 e. The second kappa shape index (κ2) is 41.6. The number of fused-ring (bicyclic) bond motifs is 9. The maximum absolute atomic E-state index is 11.8. The summed E-state index contributed by atoms with van der Waals surface area (Å²) in [6.45, 7) is 17.0. The van der Waals surface area contributed by atoms with Crippen LogP contribution in [0.1, 0.15) is 63.8 Å². The molecule has 0 bridgehead atoms. The average molecular weight is 2420 g/mol. The zero-order chi connectivity index (χ0) is 96.9. The zero-order valence-electron chi connectivity index (χ0n) is 80.8. The van der Waals surface area contributed by atoms with Crippen molar-refractivity contribution in [1.29, 1.82) is 0 Å². The van der Waals surface area contributed by atoms with Crippen molar-refractivity contribution in [2.24, 2.45) is 0 Å². The summed E-state index contributed by atoms with van der Waals surface area (Å²) >= 11 is 0. The van der Waals surface area contributed by atoms with E-state index in [2.05, 4.69) is 365 Å². The van der Waals surface area contributed by atoms with Gasteiger partial charge in [0.15, 0.2) is 0 Å². The molecule has 12 nitrogen and oxygen atoms in total. The number of aromatic hydroxyl groups is 3. The third-order valence-electron chi connectivity index (χ3n) is 26.6. The first-order valence-corrected chi connectivity index (χ1v) is 47.8. The van der Waals surface area contributed by atoms with E-state index in [1.807, 2.05) is 148 Å². The van der Waals surface area contributed by atoms with Crippen LogP contribution in [0.3, 0.4) is 0 Å². The Balaban J connectivity index is 0.000000136. The molecule has 0 saturated heterocycles. The van der Waals surface area contributed by atoms with Crippen LogP contribution in [0.4, 0.5) is 0 Å². The first kappa shape index (κ1) is 97.9. The zero-order valence-corrected chi connectivity index (χ0v) is 87.6. The Hall–Kier alpha value is -15.9. The summed E-state index contributed by atoms with van der Waals surface area (Å²) < 4.78 is 6.57. The first-order valence-electron chi connectivity index (χ1n) is 47.8. The van der Waals surface area contributed by atoms with Gasteiger partial charge in [-0.25, -0.2) is 15.0 Å². The minimum atomic E-state index is -0.256. The van der Waals surface area contributed by atoms with Gasteiger partial charge >= 0.3 is 0 Å². The van der Waals surface area contributed by atoms with Gasteiger partial charge < -0.3 is 44.0 Å². The first-order chi connectivity index (χ1) is 69.2. The van der Waals surface area contributed by atoms with E-state index in [4.69, 9.17) is 29.9 Å². The van der Waals surface area contributed by atoms with E-state index in [0.717, 1.165) is 228 Å². The minimum absolute atomic E-state index is 0. The van der Waals surface area contributed by atoms with Crippen LogP contribution in [0, 0.1) is 32.0 Å². The molecule has 714 valence electrons. The third kappa shape index (κ3) is 19.7. The molecule has 0 spiro atoms. The number of phenols is 3. The second-order valence-electron chi connectivity index (χ2n) is 38.2. The van der Waals surface area contributed by atoms with Crippen LogP contribution in [-0.4, -0.2) is 58.9 Å². The van der Waals surface area contributed by atoms with E-state index in [-0.39, 0.29) is 91.3 Å². The molecule has 15 heteroatoms. The number of phenolic OH excluding ortho intramolecular Hbond substituents is 3. The summed E-state index contributed by atoms with van der Waals surface area (Å²) in [4.78, 5) is 30.2. The van der Waals surface area contributed by atoms with Gasteiger partial charge in [-0.1, -0.05) is 337 Å². The van der Waals surface area contributed by atoms with Crippen LogP contribution in [0.5, 0.6) is 17.2 Å². The molecule has 3 N–H and O–H groups in total. The van der Waals surface area contributed by atoms with Crippen molar-refractivity contribution in [3.8, 4) is 169 Å². The molecule has 0 aliphatic rings. The van der Waals surface area contributed by atoms with Gasteiger partial charge in [0.05, 0.1) is 33.6 Å². The van der Waals surface area contributed by atoms with Gasteiger partial charge in [-0.3, -0.25) is 0 Å². The van der Waals surface area contributed by atoms with Crippen LogP contribution < -0.4 is 0 Å². The fourth-order valence-corrected chi connectivity index (χ4v) is 19.4. The fourth-order valence-electron chi connectivity index (χ4n) is 19.4. The number of nitrogens with zero attached hydrogens (tertiary/aromatic N) is 9. The number of rotatable bonds is 15.